The van der Waals surface area contributed by atoms with Crippen LogP contribution in [-0.4, -0.2) is 11.3 Å². The van der Waals surface area contributed by atoms with Crippen LogP contribution in [0.4, 0.5) is 0 Å². The van der Waals surface area contributed by atoms with Crippen LogP contribution in [-0.2, 0) is 11.2 Å². The number of rotatable bonds is 3. The molecule has 3 heteroatoms. The standard InChI is InChI=1S/C12H17NOS/c1-10-13-8-11(15-10)7-12(9-14)5-3-2-4-6-12/h8-9H,2-7H2,1H3. The Morgan fingerprint density at radius 1 is 1.47 bits per heavy atom. The van der Waals surface area contributed by atoms with E-state index in [-0.39, 0.29) is 5.41 Å². The number of hydrogen-bond donors (Lipinski definition) is 0. The highest BCUT2D eigenvalue weighted by molar-refractivity contribution is 7.11. The van der Waals surface area contributed by atoms with E-state index in [0.29, 0.717) is 0 Å². The van der Waals surface area contributed by atoms with Crippen molar-refractivity contribution in [3.8, 4) is 0 Å². The smallest absolute Gasteiger partial charge is 0.126 e. The normalized spacial score (nSPS) is 20.1. The Labute approximate surface area is 94.7 Å². The zero-order valence-electron chi connectivity index (χ0n) is 9.16. The molecule has 1 aliphatic rings. The molecule has 2 nitrogen and oxygen atoms in total. The van der Waals surface area contributed by atoms with Crippen molar-refractivity contribution in [2.75, 3.05) is 0 Å². The Balaban J connectivity index is 2.10. The fourth-order valence-corrected chi connectivity index (χ4v) is 3.38. The Morgan fingerprint density at radius 3 is 2.73 bits per heavy atom. The molecule has 0 atom stereocenters. The summed E-state index contributed by atoms with van der Waals surface area (Å²) in [5, 5.41) is 1.10. The van der Waals surface area contributed by atoms with E-state index in [1.54, 1.807) is 11.3 Å². The topological polar surface area (TPSA) is 30.0 Å². The maximum absolute atomic E-state index is 11.3. The lowest BCUT2D eigenvalue weighted by Gasteiger charge is -2.31. The summed E-state index contributed by atoms with van der Waals surface area (Å²) in [6.07, 6.45) is 9.86. The summed E-state index contributed by atoms with van der Waals surface area (Å²) < 4.78 is 0. The molecule has 0 N–H and O–H groups in total. The van der Waals surface area contributed by atoms with Gasteiger partial charge in [-0.2, -0.15) is 0 Å². The van der Waals surface area contributed by atoms with Gasteiger partial charge in [-0.1, -0.05) is 19.3 Å². The zero-order valence-corrected chi connectivity index (χ0v) is 9.98. The van der Waals surface area contributed by atoms with Crippen molar-refractivity contribution >= 4 is 17.6 Å². The van der Waals surface area contributed by atoms with Crippen LogP contribution in [0.3, 0.4) is 0 Å². The third-order valence-electron chi connectivity index (χ3n) is 3.29. The van der Waals surface area contributed by atoms with Gasteiger partial charge in [-0.05, 0) is 26.2 Å². The van der Waals surface area contributed by atoms with Gasteiger partial charge in [0.25, 0.3) is 0 Å². The molecule has 0 aliphatic heterocycles. The number of nitrogens with zero attached hydrogens (tertiary/aromatic N) is 1. The van der Waals surface area contributed by atoms with Crippen molar-refractivity contribution < 1.29 is 4.79 Å². The quantitative estimate of drug-likeness (QED) is 0.737. The minimum atomic E-state index is -0.0722. The van der Waals surface area contributed by atoms with Crippen LogP contribution in [0.25, 0.3) is 0 Å². The second-order valence-corrected chi connectivity index (χ2v) is 5.88. The number of carbonyl (C=O) groups is 1. The van der Waals surface area contributed by atoms with Crippen molar-refractivity contribution in [1.82, 2.24) is 4.98 Å². The second-order valence-electron chi connectivity index (χ2n) is 4.56. The molecule has 0 spiro atoms. The molecule has 0 amide bonds. The second kappa shape index (κ2) is 4.44. The van der Waals surface area contributed by atoms with Gasteiger partial charge in [-0.25, -0.2) is 4.98 Å². The Hall–Kier alpha value is -0.700. The molecular formula is C12H17NOS. The largest absolute Gasteiger partial charge is 0.303 e. The van der Waals surface area contributed by atoms with E-state index in [1.165, 1.54) is 30.4 Å². The number of carbonyl (C=O) groups excluding carboxylic acids is 1. The predicted octanol–water partition coefficient (Wildman–Crippen LogP) is 3.14. The van der Waals surface area contributed by atoms with Crippen LogP contribution in [0.1, 0.15) is 42.0 Å². The fraction of sp³-hybridized carbons (Fsp3) is 0.667. The first-order valence-electron chi connectivity index (χ1n) is 5.62. The van der Waals surface area contributed by atoms with Gasteiger partial charge in [0.1, 0.15) is 6.29 Å². The minimum absolute atomic E-state index is 0.0722. The zero-order chi connectivity index (χ0) is 10.7. The summed E-state index contributed by atoms with van der Waals surface area (Å²) in [4.78, 5) is 16.8. The van der Waals surface area contributed by atoms with E-state index >= 15 is 0 Å². The monoisotopic (exact) mass is 223 g/mol. The van der Waals surface area contributed by atoms with E-state index in [2.05, 4.69) is 4.98 Å². The van der Waals surface area contributed by atoms with Crippen molar-refractivity contribution in [3.05, 3.63) is 16.1 Å². The Bertz CT molecular complexity index is 339. The first kappa shape index (κ1) is 10.8. The molecule has 0 unspecified atom stereocenters. The van der Waals surface area contributed by atoms with Crippen LogP contribution in [0.2, 0.25) is 0 Å². The van der Waals surface area contributed by atoms with Crippen LogP contribution < -0.4 is 0 Å². The Kier molecular flexibility index (Phi) is 3.19. The SMILES string of the molecule is Cc1ncc(CC2(C=O)CCCCC2)s1. The molecule has 1 fully saturated rings. The lowest BCUT2D eigenvalue weighted by molar-refractivity contribution is -0.117. The van der Waals surface area contributed by atoms with Crippen LogP contribution in [0, 0.1) is 12.3 Å². The van der Waals surface area contributed by atoms with E-state index in [1.807, 2.05) is 13.1 Å². The summed E-state index contributed by atoms with van der Waals surface area (Å²) in [7, 11) is 0. The molecular weight excluding hydrogens is 206 g/mol. The maximum Gasteiger partial charge on any atom is 0.126 e. The van der Waals surface area contributed by atoms with E-state index < -0.39 is 0 Å². The molecule has 2 rings (SSSR count). The molecule has 0 aromatic carbocycles. The highest BCUT2D eigenvalue weighted by Gasteiger charge is 2.32. The van der Waals surface area contributed by atoms with Crippen molar-refractivity contribution in [2.45, 2.75) is 45.4 Å². The van der Waals surface area contributed by atoms with Crippen molar-refractivity contribution in [1.29, 1.82) is 0 Å². The van der Waals surface area contributed by atoms with E-state index in [0.717, 1.165) is 24.3 Å². The first-order chi connectivity index (χ1) is 7.24. The fourth-order valence-electron chi connectivity index (χ4n) is 2.43. The molecule has 0 radical (unpaired) electrons. The summed E-state index contributed by atoms with van der Waals surface area (Å²) in [5.41, 5.74) is -0.0722. The molecule has 1 aromatic rings. The highest BCUT2D eigenvalue weighted by atomic mass is 32.1. The van der Waals surface area contributed by atoms with Gasteiger partial charge < -0.3 is 4.79 Å². The number of aryl methyl sites for hydroxylation is 1. The molecule has 1 aliphatic carbocycles. The molecule has 82 valence electrons. The van der Waals surface area contributed by atoms with Gasteiger partial charge in [-0.15, -0.1) is 11.3 Å². The third-order valence-corrected chi connectivity index (χ3v) is 4.21. The number of hydrogen-bond acceptors (Lipinski definition) is 3. The molecule has 15 heavy (non-hydrogen) atoms. The van der Waals surface area contributed by atoms with Crippen LogP contribution in [0.15, 0.2) is 6.20 Å². The third kappa shape index (κ3) is 2.46. The van der Waals surface area contributed by atoms with Gasteiger partial charge in [0.15, 0.2) is 0 Å². The maximum atomic E-state index is 11.3. The van der Waals surface area contributed by atoms with Gasteiger partial charge in [0, 0.05) is 16.5 Å². The average Bonchev–Trinajstić information content (AvgIpc) is 2.65. The van der Waals surface area contributed by atoms with Crippen molar-refractivity contribution in [3.63, 3.8) is 0 Å². The van der Waals surface area contributed by atoms with Crippen LogP contribution >= 0.6 is 11.3 Å². The average molecular weight is 223 g/mol. The molecule has 1 aromatic heterocycles. The van der Waals surface area contributed by atoms with Gasteiger partial charge in [-0.3, -0.25) is 0 Å². The number of aromatic nitrogens is 1. The Morgan fingerprint density at radius 2 is 2.20 bits per heavy atom. The highest BCUT2D eigenvalue weighted by Crippen LogP contribution is 2.38. The van der Waals surface area contributed by atoms with Gasteiger partial charge >= 0.3 is 0 Å². The lowest BCUT2D eigenvalue weighted by Crippen LogP contribution is -2.27. The van der Waals surface area contributed by atoms with E-state index in [9.17, 15) is 4.79 Å². The molecule has 1 heterocycles. The van der Waals surface area contributed by atoms with Gasteiger partial charge in [0.05, 0.1) is 5.01 Å². The van der Waals surface area contributed by atoms with Crippen molar-refractivity contribution in [2.24, 2.45) is 5.41 Å². The summed E-state index contributed by atoms with van der Waals surface area (Å²) >= 11 is 1.73. The van der Waals surface area contributed by atoms with Gasteiger partial charge in [0.2, 0.25) is 0 Å². The minimum Gasteiger partial charge on any atom is -0.303 e. The molecule has 0 bridgehead atoms. The lowest BCUT2D eigenvalue weighted by atomic mass is 9.73. The van der Waals surface area contributed by atoms with Crippen LogP contribution in [0.5, 0.6) is 0 Å². The summed E-state index contributed by atoms with van der Waals surface area (Å²) in [6, 6.07) is 0. The summed E-state index contributed by atoms with van der Waals surface area (Å²) in [5.74, 6) is 0. The molecule has 0 saturated heterocycles. The number of aldehydes is 1. The van der Waals surface area contributed by atoms with E-state index in [4.69, 9.17) is 0 Å². The summed E-state index contributed by atoms with van der Waals surface area (Å²) in [6.45, 7) is 2.02. The number of thiazole rings is 1. The first-order valence-corrected chi connectivity index (χ1v) is 6.43. The molecule has 1 saturated carbocycles. The predicted molar refractivity (Wildman–Crippen MR) is 62.1 cm³/mol.